The van der Waals surface area contributed by atoms with Crippen molar-refractivity contribution in [3.8, 4) is 0 Å². The van der Waals surface area contributed by atoms with Gasteiger partial charge in [0.05, 0.1) is 11.7 Å². The molecule has 0 atom stereocenters. The quantitative estimate of drug-likeness (QED) is 0.655. The van der Waals surface area contributed by atoms with E-state index in [1.54, 1.807) is 23.1 Å². The van der Waals surface area contributed by atoms with Crippen molar-refractivity contribution in [1.82, 2.24) is 18.0 Å². The number of hydrogen-bond acceptors (Lipinski definition) is 6. The van der Waals surface area contributed by atoms with E-state index < -0.39 is 10.0 Å². The van der Waals surface area contributed by atoms with Crippen LogP contribution in [0.25, 0.3) is 11.0 Å². The predicted molar refractivity (Wildman–Crippen MR) is 108 cm³/mol. The molecule has 0 spiro atoms. The summed E-state index contributed by atoms with van der Waals surface area (Å²) in [4.78, 5) is 14.8. The summed E-state index contributed by atoms with van der Waals surface area (Å²) < 4.78 is 35.9. The van der Waals surface area contributed by atoms with Crippen LogP contribution in [0.1, 0.15) is 21.5 Å². The highest BCUT2D eigenvalue weighted by atomic mass is 32.2. The van der Waals surface area contributed by atoms with E-state index in [1.807, 2.05) is 32.0 Å². The Hall–Kier alpha value is -2.36. The van der Waals surface area contributed by atoms with E-state index >= 15 is 0 Å². The van der Waals surface area contributed by atoms with Gasteiger partial charge in [-0.05, 0) is 43.2 Å². The van der Waals surface area contributed by atoms with Crippen molar-refractivity contribution in [1.29, 1.82) is 0 Å². The summed E-state index contributed by atoms with van der Waals surface area (Å²) in [5.74, 6) is -0.0518. The Morgan fingerprint density at radius 2 is 1.71 bits per heavy atom. The first kappa shape index (κ1) is 19.0. The standard InChI is InChI=1S/C19H20N4O3S2/c1-13-5-3-6-15(14(13)2)19(24)22-9-11-23(12-10-22)28(25,26)17-8-4-7-16-18(17)21-27-20-16/h3-8H,9-12H2,1-2H3. The molecular weight excluding hydrogens is 396 g/mol. The van der Waals surface area contributed by atoms with Crippen LogP contribution in [-0.4, -0.2) is 58.5 Å². The second-order valence-corrected chi connectivity index (χ2v) is 9.27. The summed E-state index contributed by atoms with van der Waals surface area (Å²) in [6, 6.07) is 10.7. The van der Waals surface area contributed by atoms with Crippen LogP contribution in [0.4, 0.5) is 0 Å². The van der Waals surface area contributed by atoms with Gasteiger partial charge in [-0.15, -0.1) is 0 Å². The zero-order valence-electron chi connectivity index (χ0n) is 15.6. The van der Waals surface area contributed by atoms with E-state index in [4.69, 9.17) is 0 Å². The summed E-state index contributed by atoms with van der Waals surface area (Å²) in [6.45, 7) is 5.14. The number of rotatable bonds is 3. The molecule has 28 heavy (non-hydrogen) atoms. The van der Waals surface area contributed by atoms with E-state index in [0.717, 1.165) is 22.9 Å². The van der Waals surface area contributed by atoms with Crippen molar-refractivity contribution in [2.75, 3.05) is 26.2 Å². The Balaban J connectivity index is 1.53. The van der Waals surface area contributed by atoms with Crippen molar-refractivity contribution >= 4 is 38.7 Å². The fourth-order valence-corrected chi connectivity index (χ4v) is 5.59. The average Bonchev–Trinajstić information content (AvgIpc) is 3.18. The fourth-order valence-electron chi connectivity index (χ4n) is 3.41. The summed E-state index contributed by atoms with van der Waals surface area (Å²) >= 11 is 0.998. The first-order valence-electron chi connectivity index (χ1n) is 8.96. The zero-order valence-corrected chi connectivity index (χ0v) is 17.3. The number of carbonyl (C=O) groups excluding carboxylic acids is 1. The molecule has 1 amide bonds. The molecule has 9 heteroatoms. The van der Waals surface area contributed by atoms with Crippen molar-refractivity contribution in [3.63, 3.8) is 0 Å². The summed E-state index contributed by atoms with van der Waals surface area (Å²) in [7, 11) is -3.69. The average molecular weight is 417 g/mol. The molecule has 1 aromatic heterocycles. The third kappa shape index (κ3) is 3.19. The molecule has 3 aromatic rings. The van der Waals surface area contributed by atoms with Crippen LogP contribution in [-0.2, 0) is 10.0 Å². The van der Waals surface area contributed by atoms with Gasteiger partial charge in [-0.3, -0.25) is 4.79 Å². The molecule has 7 nitrogen and oxygen atoms in total. The number of fused-ring (bicyclic) bond motifs is 1. The normalized spacial score (nSPS) is 15.9. The molecule has 0 unspecified atom stereocenters. The van der Waals surface area contributed by atoms with Crippen LogP contribution in [0, 0.1) is 13.8 Å². The van der Waals surface area contributed by atoms with Crippen molar-refractivity contribution in [2.24, 2.45) is 0 Å². The number of aromatic nitrogens is 2. The van der Waals surface area contributed by atoms with Crippen molar-refractivity contribution in [3.05, 3.63) is 53.1 Å². The molecule has 1 fully saturated rings. The first-order valence-corrected chi connectivity index (χ1v) is 11.1. The van der Waals surface area contributed by atoms with Crippen LogP contribution in [0.5, 0.6) is 0 Å². The van der Waals surface area contributed by atoms with Crippen molar-refractivity contribution in [2.45, 2.75) is 18.7 Å². The molecule has 146 valence electrons. The number of aryl methyl sites for hydroxylation is 1. The number of hydrogen-bond donors (Lipinski definition) is 0. The minimum absolute atomic E-state index is 0.0518. The number of sulfonamides is 1. The highest BCUT2D eigenvalue weighted by molar-refractivity contribution is 7.89. The maximum absolute atomic E-state index is 13.1. The van der Waals surface area contributed by atoms with Gasteiger partial charge >= 0.3 is 0 Å². The fraction of sp³-hybridized carbons (Fsp3) is 0.316. The van der Waals surface area contributed by atoms with Gasteiger partial charge in [0.15, 0.2) is 0 Å². The highest BCUT2D eigenvalue weighted by Gasteiger charge is 2.32. The third-order valence-electron chi connectivity index (χ3n) is 5.23. The van der Waals surface area contributed by atoms with Crippen LogP contribution in [0.2, 0.25) is 0 Å². The SMILES string of the molecule is Cc1cccc(C(=O)N2CCN(S(=O)(=O)c3cccc4nsnc34)CC2)c1C. The van der Waals surface area contributed by atoms with Gasteiger partial charge < -0.3 is 4.90 Å². The number of piperazine rings is 1. The molecule has 0 bridgehead atoms. The third-order valence-corrected chi connectivity index (χ3v) is 7.70. The molecule has 0 radical (unpaired) electrons. The van der Waals surface area contributed by atoms with Gasteiger partial charge in [0.1, 0.15) is 15.9 Å². The van der Waals surface area contributed by atoms with Gasteiger partial charge in [0.2, 0.25) is 10.0 Å². The van der Waals surface area contributed by atoms with Crippen LogP contribution in [0.15, 0.2) is 41.3 Å². The monoisotopic (exact) mass is 416 g/mol. The Kier molecular flexibility index (Phi) is 4.90. The zero-order chi connectivity index (χ0) is 19.9. The lowest BCUT2D eigenvalue weighted by Crippen LogP contribution is -2.50. The number of benzene rings is 2. The largest absolute Gasteiger partial charge is 0.336 e. The molecular formula is C19H20N4O3S2. The summed E-state index contributed by atoms with van der Waals surface area (Å²) in [5.41, 5.74) is 3.69. The second kappa shape index (κ2) is 7.23. The molecule has 0 N–H and O–H groups in total. The van der Waals surface area contributed by atoms with E-state index in [1.165, 1.54) is 4.31 Å². The Morgan fingerprint density at radius 1 is 1.00 bits per heavy atom. The summed E-state index contributed by atoms with van der Waals surface area (Å²) in [5, 5.41) is 0. The topological polar surface area (TPSA) is 83.5 Å². The van der Waals surface area contributed by atoms with Gasteiger partial charge in [-0.1, -0.05) is 18.2 Å². The lowest BCUT2D eigenvalue weighted by molar-refractivity contribution is 0.0697. The molecule has 0 aliphatic carbocycles. The predicted octanol–water partition coefficient (Wildman–Crippen LogP) is 2.45. The van der Waals surface area contributed by atoms with Crippen LogP contribution in [0.3, 0.4) is 0 Å². The lowest BCUT2D eigenvalue weighted by Gasteiger charge is -2.34. The van der Waals surface area contributed by atoms with Gasteiger partial charge in [0, 0.05) is 31.7 Å². The van der Waals surface area contributed by atoms with Crippen LogP contribution >= 0.6 is 11.7 Å². The highest BCUT2D eigenvalue weighted by Crippen LogP contribution is 2.25. The second-order valence-electron chi connectivity index (χ2n) is 6.83. The van der Waals surface area contributed by atoms with Gasteiger partial charge in [-0.25, -0.2) is 8.42 Å². The molecule has 1 aliphatic rings. The Bertz CT molecular complexity index is 1150. The molecule has 2 aromatic carbocycles. The van der Waals surface area contributed by atoms with Crippen LogP contribution < -0.4 is 0 Å². The van der Waals surface area contributed by atoms with E-state index in [0.29, 0.717) is 29.7 Å². The molecule has 2 heterocycles. The smallest absolute Gasteiger partial charge is 0.254 e. The molecule has 4 rings (SSSR count). The minimum atomic E-state index is -3.69. The van der Waals surface area contributed by atoms with Gasteiger partial charge in [0.25, 0.3) is 5.91 Å². The lowest BCUT2D eigenvalue weighted by atomic mass is 10.0. The van der Waals surface area contributed by atoms with Gasteiger partial charge in [-0.2, -0.15) is 13.1 Å². The first-order chi connectivity index (χ1) is 13.4. The minimum Gasteiger partial charge on any atom is -0.336 e. The number of nitrogens with zero attached hydrogens (tertiary/aromatic N) is 4. The Morgan fingerprint density at radius 3 is 2.46 bits per heavy atom. The number of amides is 1. The maximum Gasteiger partial charge on any atom is 0.254 e. The molecule has 0 saturated carbocycles. The Labute approximate surface area is 168 Å². The molecule has 1 aliphatic heterocycles. The number of carbonyl (C=O) groups is 1. The van der Waals surface area contributed by atoms with E-state index in [2.05, 4.69) is 8.75 Å². The van der Waals surface area contributed by atoms with Crippen molar-refractivity contribution < 1.29 is 13.2 Å². The van der Waals surface area contributed by atoms with E-state index in [9.17, 15) is 13.2 Å². The van der Waals surface area contributed by atoms with E-state index in [-0.39, 0.29) is 23.9 Å². The summed E-state index contributed by atoms with van der Waals surface area (Å²) in [6.07, 6.45) is 0. The maximum atomic E-state index is 13.1. The molecule has 1 saturated heterocycles.